The highest BCUT2D eigenvalue weighted by Gasteiger charge is 2.37. The molecule has 262 valence electrons. The Morgan fingerprint density at radius 3 is 1.30 bits per heavy atom. The van der Waals surface area contributed by atoms with E-state index in [0.717, 1.165) is 37.6 Å². The van der Waals surface area contributed by atoms with E-state index in [9.17, 15) is 28.8 Å². The first-order valence-electron chi connectivity index (χ1n) is 17.1. The number of hydrogen-bond donors (Lipinski definition) is 2. The first kappa shape index (κ1) is 33.7. The number of carbonyl (C=O) groups is 6. The number of amides is 6. The van der Waals surface area contributed by atoms with Gasteiger partial charge in [0.1, 0.15) is 0 Å². The first-order valence-corrected chi connectivity index (χ1v) is 17.1. The van der Waals surface area contributed by atoms with Crippen LogP contribution in [0, 0.1) is 6.92 Å². The van der Waals surface area contributed by atoms with Crippen molar-refractivity contribution in [3.05, 3.63) is 172 Å². The Balaban J connectivity index is 0.902. The van der Waals surface area contributed by atoms with Crippen LogP contribution in [0.5, 0.6) is 0 Å². The monoisotopic (exact) mass is 710 g/mol. The first-order chi connectivity index (χ1) is 26.0. The Labute approximate surface area is 309 Å². The number of fused-ring (bicyclic) bond motifs is 2. The predicted octanol–water partition coefficient (Wildman–Crippen LogP) is 7.86. The van der Waals surface area contributed by atoms with Crippen LogP contribution >= 0.6 is 0 Å². The third-order valence-electron chi connectivity index (χ3n) is 9.63. The zero-order valence-electron chi connectivity index (χ0n) is 29.0. The van der Waals surface area contributed by atoms with E-state index in [-0.39, 0.29) is 33.4 Å². The molecule has 0 aliphatic carbocycles. The van der Waals surface area contributed by atoms with Gasteiger partial charge >= 0.3 is 0 Å². The van der Waals surface area contributed by atoms with Gasteiger partial charge in [-0.15, -0.1) is 0 Å². The summed E-state index contributed by atoms with van der Waals surface area (Å²) in [5, 5.41) is 5.67. The van der Waals surface area contributed by atoms with Crippen molar-refractivity contribution >= 4 is 52.5 Å². The molecule has 0 unspecified atom stereocenters. The topological polar surface area (TPSA) is 133 Å². The van der Waals surface area contributed by atoms with Crippen molar-refractivity contribution in [2.45, 2.75) is 6.92 Å². The molecule has 10 nitrogen and oxygen atoms in total. The fraction of sp³-hybridized carbons (Fsp3) is 0.0455. The molecule has 6 aromatic rings. The number of nitrogens with one attached hydrogen (secondary N) is 2. The van der Waals surface area contributed by atoms with Gasteiger partial charge in [-0.1, -0.05) is 66.2 Å². The number of rotatable bonds is 7. The van der Waals surface area contributed by atoms with Gasteiger partial charge in [-0.25, -0.2) is 4.90 Å². The largest absolute Gasteiger partial charge is 0.322 e. The fourth-order valence-electron chi connectivity index (χ4n) is 6.57. The quantitative estimate of drug-likeness (QED) is 0.162. The minimum absolute atomic E-state index is 0.164. The lowest BCUT2D eigenvalue weighted by Crippen LogP contribution is -2.29. The molecule has 0 fully saturated rings. The van der Waals surface area contributed by atoms with Crippen LogP contribution in [0.3, 0.4) is 0 Å². The molecular weight excluding hydrogens is 681 g/mol. The van der Waals surface area contributed by atoms with Gasteiger partial charge < -0.3 is 10.6 Å². The van der Waals surface area contributed by atoms with Gasteiger partial charge in [0.2, 0.25) is 0 Å². The van der Waals surface area contributed by atoms with Crippen molar-refractivity contribution < 1.29 is 28.8 Å². The number of anilines is 3. The lowest BCUT2D eigenvalue weighted by atomic mass is 10.0. The Hall–Kier alpha value is -7.46. The number of carbonyl (C=O) groups excluding carboxylic acids is 6. The number of imide groups is 2. The molecule has 2 N–H and O–H groups in total. The van der Waals surface area contributed by atoms with Crippen LogP contribution in [-0.2, 0) is 0 Å². The summed E-state index contributed by atoms with van der Waals surface area (Å²) < 4.78 is 0. The maximum Gasteiger partial charge on any atom is 0.266 e. The molecule has 2 aliphatic heterocycles. The molecule has 6 amide bonds. The van der Waals surface area contributed by atoms with Crippen molar-refractivity contribution in [3.63, 3.8) is 0 Å². The van der Waals surface area contributed by atoms with Crippen LogP contribution in [0.25, 0.3) is 22.3 Å². The maximum absolute atomic E-state index is 13.4. The molecular formula is C44H30N4O6. The second-order valence-corrected chi connectivity index (χ2v) is 13.1. The van der Waals surface area contributed by atoms with Crippen LogP contribution in [0.1, 0.15) is 67.7 Å². The van der Waals surface area contributed by atoms with E-state index in [1.165, 1.54) is 43.4 Å². The van der Waals surface area contributed by atoms with Crippen LogP contribution in [-0.4, -0.2) is 47.4 Å². The summed E-state index contributed by atoms with van der Waals surface area (Å²) in [6, 6.07) is 38.6. The molecule has 0 spiro atoms. The summed E-state index contributed by atoms with van der Waals surface area (Å²) in [6.07, 6.45) is 0. The van der Waals surface area contributed by atoms with Crippen molar-refractivity contribution in [2.75, 3.05) is 22.6 Å². The van der Waals surface area contributed by atoms with Crippen molar-refractivity contribution in [1.82, 2.24) is 4.90 Å². The van der Waals surface area contributed by atoms with Gasteiger partial charge in [0.15, 0.2) is 0 Å². The van der Waals surface area contributed by atoms with Gasteiger partial charge in [0, 0.05) is 29.5 Å². The van der Waals surface area contributed by atoms with E-state index < -0.39 is 35.4 Å². The second kappa shape index (κ2) is 13.3. The summed E-state index contributed by atoms with van der Waals surface area (Å²) in [7, 11) is 1.40. The van der Waals surface area contributed by atoms with Crippen LogP contribution in [0.4, 0.5) is 17.1 Å². The van der Waals surface area contributed by atoms with Crippen molar-refractivity contribution in [3.8, 4) is 22.3 Å². The van der Waals surface area contributed by atoms with E-state index in [1.807, 2.05) is 67.6 Å². The Kier molecular flexibility index (Phi) is 8.27. The minimum Gasteiger partial charge on any atom is -0.322 e. The molecule has 0 bridgehead atoms. The number of nitrogens with zero attached hydrogens (tertiary/aromatic N) is 2. The summed E-state index contributed by atoms with van der Waals surface area (Å²) in [5.41, 5.74) is 7.77. The van der Waals surface area contributed by atoms with Crippen LogP contribution in [0.15, 0.2) is 133 Å². The number of hydrogen-bond acceptors (Lipinski definition) is 6. The van der Waals surface area contributed by atoms with E-state index >= 15 is 0 Å². The zero-order chi connectivity index (χ0) is 37.7. The standard InChI is InChI=1S/C44H30N4O6/c1-25-3-5-26(6-4-25)29-11-19-34(20-12-29)48-43(53)36-22-14-31(24-38(36)44(48)54)40(50)46-33-17-9-28(10-18-33)27-7-15-32(16-8-27)45-39(49)30-13-21-35-37(23-30)42(52)47(2)41(35)51/h3-24H,1-2H3,(H,45,49)(H,46,50). The van der Waals surface area contributed by atoms with Crippen molar-refractivity contribution in [1.29, 1.82) is 0 Å². The lowest BCUT2D eigenvalue weighted by Gasteiger charge is -2.14. The van der Waals surface area contributed by atoms with Crippen molar-refractivity contribution in [2.24, 2.45) is 0 Å². The molecule has 0 atom stereocenters. The van der Waals surface area contributed by atoms with Crippen LogP contribution in [0.2, 0.25) is 0 Å². The molecule has 0 saturated heterocycles. The highest BCUT2D eigenvalue weighted by molar-refractivity contribution is 6.35. The van der Waals surface area contributed by atoms with E-state index in [4.69, 9.17) is 0 Å². The average Bonchev–Trinajstić information content (AvgIpc) is 3.57. The highest BCUT2D eigenvalue weighted by Crippen LogP contribution is 2.32. The van der Waals surface area contributed by atoms with E-state index in [1.54, 1.807) is 36.4 Å². The zero-order valence-corrected chi connectivity index (χ0v) is 29.0. The minimum atomic E-state index is -0.492. The van der Waals surface area contributed by atoms with Gasteiger partial charge in [-0.3, -0.25) is 33.7 Å². The molecule has 2 aliphatic rings. The second-order valence-electron chi connectivity index (χ2n) is 13.1. The SMILES string of the molecule is Cc1ccc(-c2ccc(N3C(=O)c4ccc(C(=O)Nc5ccc(-c6ccc(NC(=O)c7ccc8c(c7)C(=O)N(C)C8=O)cc6)cc5)cc4C3=O)cc2)cc1. The smallest absolute Gasteiger partial charge is 0.266 e. The molecule has 10 heteroatoms. The summed E-state index contributed by atoms with van der Waals surface area (Å²) in [5.74, 6) is -2.62. The molecule has 2 heterocycles. The maximum atomic E-state index is 13.4. The van der Waals surface area contributed by atoms with Gasteiger partial charge in [-0.2, -0.15) is 0 Å². The summed E-state index contributed by atoms with van der Waals surface area (Å²) >= 11 is 0. The molecule has 0 radical (unpaired) electrons. The van der Waals surface area contributed by atoms with E-state index in [0.29, 0.717) is 17.1 Å². The third kappa shape index (κ3) is 6.01. The lowest BCUT2D eigenvalue weighted by molar-refractivity contribution is 0.0691. The summed E-state index contributed by atoms with van der Waals surface area (Å²) in [4.78, 5) is 79.5. The fourth-order valence-corrected chi connectivity index (χ4v) is 6.57. The molecule has 8 rings (SSSR count). The number of aryl methyl sites for hydroxylation is 1. The Morgan fingerprint density at radius 2 is 0.815 bits per heavy atom. The molecule has 6 aromatic carbocycles. The van der Waals surface area contributed by atoms with E-state index in [2.05, 4.69) is 10.6 Å². The van der Waals surface area contributed by atoms with Gasteiger partial charge in [0.05, 0.1) is 27.9 Å². The molecule has 0 saturated carbocycles. The molecule has 0 aromatic heterocycles. The predicted molar refractivity (Wildman–Crippen MR) is 205 cm³/mol. The Bertz CT molecular complexity index is 2560. The molecule has 54 heavy (non-hydrogen) atoms. The van der Waals surface area contributed by atoms with Gasteiger partial charge in [0.25, 0.3) is 35.4 Å². The Morgan fingerprint density at radius 1 is 0.444 bits per heavy atom. The third-order valence-corrected chi connectivity index (χ3v) is 9.63. The highest BCUT2D eigenvalue weighted by atomic mass is 16.2. The number of benzene rings is 6. The van der Waals surface area contributed by atoms with Crippen LogP contribution < -0.4 is 15.5 Å². The van der Waals surface area contributed by atoms with Gasteiger partial charge in [-0.05, 0) is 102 Å². The average molecular weight is 711 g/mol. The normalized spacial score (nSPS) is 13.2. The summed E-state index contributed by atoms with van der Waals surface area (Å²) in [6.45, 7) is 2.02.